The molecule has 0 spiro atoms. The van der Waals surface area contributed by atoms with Crippen LogP contribution < -0.4 is 15.5 Å². The van der Waals surface area contributed by atoms with Gasteiger partial charge < -0.3 is 24.1 Å². The van der Waals surface area contributed by atoms with Gasteiger partial charge in [-0.15, -0.1) is 0 Å². The molecule has 1 N–H and O–H groups in total. The van der Waals surface area contributed by atoms with Crippen molar-refractivity contribution in [3.8, 4) is 5.75 Å². The van der Waals surface area contributed by atoms with E-state index >= 15 is 0 Å². The lowest BCUT2D eigenvalue weighted by atomic mass is 9.78. The van der Waals surface area contributed by atoms with Crippen LogP contribution in [0.25, 0.3) is 0 Å². The van der Waals surface area contributed by atoms with E-state index in [-0.39, 0.29) is 17.4 Å². The summed E-state index contributed by atoms with van der Waals surface area (Å²) >= 11 is 0. The molecule has 0 unspecified atom stereocenters. The highest BCUT2D eigenvalue weighted by Crippen LogP contribution is 2.37. The van der Waals surface area contributed by atoms with Crippen molar-refractivity contribution >= 4 is 18.5 Å². The predicted octanol–water partition coefficient (Wildman–Crippen LogP) is 2.04. The number of carbonyl (C=O) groups is 1. The van der Waals surface area contributed by atoms with Crippen molar-refractivity contribution in [3.05, 3.63) is 23.5 Å². The van der Waals surface area contributed by atoms with Gasteiger partial charge in [-0.05, 0) is 58.1 Å². The fourth-order valence-corrected chi connectivity index (χ4v) is 3.20. The summed E-state index contributed by atoms with van der Waals surface area (Å²) in [7, 11) is 0.680. The third kappa shape index (κ3) is 3.98. The summed E-state index contributed by atoms with van der Waals surface area (Å²) in [5.74, 6) is -0.996. The second-order valence-electron chi connectivity index (χ2n) is 8.03. The molecule has 0 aliphatic carbocycles. The highest BCUT2D eigenvalue weighted by molar-refractivity contribution is 6.62. The maximum atomic E-state index is 14.9. The highest BCUT2D eigenvalue weighted by Gasteiger charge is 2.52. The zero-order chi connectivity index (χ0) is 19.8. The van der Waals surface area contributed by atoms with Crippen LogP contribution in [0.1, 0.15) is 50.9 Å². The zero-order valence-electron chi connectivity index (χ0n) is 16.6. The van der Waals surface area contributed by atoms with Crippen LogP contribution in [0.5, 0.6) is 5.75 Å². The Bertz CT molecular complexity index is 702. The van der Waals surface area contributed by atoms with Gasteiger partial charge >= 0.3 is 7.12 Å². The zero-order valence-corrected chi connectivity index (χ0v) is 16.6. The molecule has 3 rings (SSSR count). The number of ether oxygens (including phenoxy) is 2. The first-order valence-electron chi connectivity index (χ1n) is 9.26. The van der Waals surface area contributed by atoms with Crippen molar-refractivity contribution in [1.82, 2.24) is 5.32 Å². The van der Waals surface area contributed by atoms with Gasteiger partial charge in [0.1, 0.15) is 17.1 Å². The fraction of sp³-hybridized carbons (Fsp3) is 0.632. The molecular formula is C19H27BFNO5. The molecule has 0 radical (unpaired) electrons. The van der Waals surface area contributed by atoms with Crippen LogP contribution in [0.2, 0.25) is 0 Å². The summed E-state index contributed by atoms with van der Waals surface area (Å²) < 4.78 is 37.4. The van der Waals surface area contributed by atoms with E-state index < -0.39 is 30.0 Å². The normalized spacial score (nSPS) is 21.9. The van der Waals surface area contributed by atoms with Crippen LogP contribution >= 0.6 is 0 Å². The van der Waals surface area contributed by atoms with Crippen molar-refractivity contribution in [2.24, 2.45) is 0 Å². The van der Waals surface area contributed by atoms with Crippen molar-refractivity contribution in [1.29, 1.82) is 0 Å². The second-order valence-corrected chi connectivity index (χ2v) is 8.03. The van der Waals surface area contributed by atoms with E-state index in [0.717, 1.165) is 0 Å². The summed E-state index contributed by atoms with van der Waals surface area (Å²) in [6.07, 6.45) is 1.42. The molecule has 0 aromatic heterocycles. The lowest BCUT2D eigenvalue weighted by Gasteiger charge is -2.32. The number of hydrogen-bond acceptors (Lipinski definition) is 5. The summed E-state index contributed by atoms with van der Waals surface area (Å²) in [4.78, 5) is 12.6. The lowest BCUT2D eigenvalue weighted by Crippen LogP contribution is -2.41. The number of halogens is 1. The van der Waals surface area contributed by atoms with Gasteiger partial charge in [-0.1, -0.05) is 0 Å². The molecule has 0 bridgehead atoms. The molecule has 1 aromatic rings. The Morgan fingerprint density at radius 2 is 1.78 bits per heavy atom. The molecule has 1 aromatic carbocycles. The van der Waals surface area contributed by atoms with Crippen molar-refractivity contribution in [2.75, 3.05) is 20.3 Å². The monoisotopic (exact) mass is 379 g/mol. The number of rotatable bonds is 4. The van der Waals surface area contributed by atoms with Crippen LogP contribution in [0.15, 0.2) is 12.1 Å². The highest BCUT2D eigenvalue weighted by atomic mass is 19.1. The van der Waals surface area contributed by atoms with Crippen LogP contribution in [0, 0.1) is 5.82 Å². The average molecular weight is 379 g/mol. The first-order chi connectivity index (χ1) is 12.6. The minimum atomic E-state index is -0.731. The molecule has 2 heterocycles. The quantitative estimate of drug-likeness (QED) is 0.812. The Balaban J connectivity index is 1.84. The number of carbonyl (C=O) groups excluding carboxylic acids is 1. The van der Waals surface area contributed by atoms with E-state index in [0.29, 0.717) is 31.5 Å². The van der Waals surface area contributed by atoms with Crippen molar-refractivity contribution in [2.45, 2.75) is 57.8 Å². The van der Waals surface area contributed by atoms with Crippen molar-refractivity contribution < 1.29 is 28.0 Å². The van der Waals surface area contributed by atoms with E-state index in [1.165, 1.54) is 13.2 Å². The van der Waals surface area contributed by atoms with E-state index in [4.69, 9.17) is 18.8 Å². The third-order valence-corrected chi connectivity index (χ3v) is 5.61. The van der Waals surface area contributed by atoms with Gasteiger partial charge in [0.25, 0.3) is 5.91 Å². The van der Waals surface area contributed by atoms with Gasteiger partial charge in [0.05, 0.1) is 18.3 Å². The van der Waals surface area contributed by atoms with E-state index in [2.05, 4.69) is 5.32 Å². The Morgan fingerprint density at radius 1 is 1.19 bits per heavy atom. The minimum Gasteiger partial charge on any atom is -0.496 e. The molecule has 2 aliphatic heterocycles. The standard InChI is InChI=1S/C19H27BFNO5/c1-18(2)19(3,4)27-20(26-18)12-10-14(21)16(15(11-12)24-5)17(23)22-13-6-8-25-9-7-13/h10-11,13H,6-9H2,1-5H3,(H,22,23). The van der Waals surface area contributed by atoms with Crippen LogP contribution in [-0.4, -0.2) is 50.6 Å². The van der Waals surface area contributed by atoms with Gasteiger partial charge in [0.2, 0.25) is 0 Å². The van der Waals surface area contributed by atoms with Gasteiger partial charge in [0, 0.05) is 19.3 Å². The minimum absolute atomic E-state index is 0.0295. The Kier molecular flexibility index (Phi) is 5.52. The van der Waals surface area contributed by atoms with Gasteiger partial charge in [-0.3, -0.25) is 4.79 Å². The summed E-state index contributed by atoms with van der Waals surface area (Å²) in [5, 5.41) is 2.86. The smallest absolute Gasteiger partial charge is 0.495 e. The molecule has 148 valence electrons. The Morgan fingerprint density at radius 3 is 2.33 bits per heavy atom. The maximum absolute atomic E-state index is 14.9. The first-order valence-corrected chi connectivity index (χ1v) is 9.26. The van der Waals surface area contributed by atoms with E-state index in [1.807, 2.05) is 27.7 Å². The molecule has 6 nitrogen and oxygen atoms in total. The number of amides is 1. The molecule has 1 amide bonds. The third-order valence-electron chi connectivity index (χ3n) is 5.61. The topological polar surface area (TPSA) is 66.0 Å². The second kappa shape index (κ2) is 7.41. The maximum Gasteiger partial charge on any atom is 0.495 e. The summed E-state index contributed by atoms with van der Waals surface area (Å²) in [6, 6.07) is 2.85. The summed E-state index contributed by atoms with van der Waals surface area (Å²) in [5.41, 5.74) is -0.712. The van der Waals surface area contributed by atoms with Crippen LogP contribution in [-0.2, 0) is 14.0 Å². The predicted molar refractivity (Wildman–Crippen MR) is 100.0 cm³/mol. The van der Waals surface area contributed by atoms with Gasteiger partial charge in [-0.2, -0.15) is 0 Å². The SMILES string of the molecule is COc1cc(B2OC(C)(C)C(C)(C)O2)cc(F)c1C(=O)NC1CCOCC1. The number of benzene rings is 1. The Labute approximate surface area is 159 Å². The van der Waals surface area contributed by atoms with Gasteiger partial charge in [-0.25, -0.2) is 4.39 Å². The molecule has 27 heavy (non-hydrogen) atoms. The Hall–Kier alpha value is -1.64. The summed E-state index contributed by atoms with van der Waals surface area (Å²) in [6.45, 7) is 8.88. The molecule has 8 heteroatoms. The number of nitrogens with one attached hydrogen (secondary N) is 1. The number of hydrogen-bond donors (Lipinski definition) is 1. The van der Waals surface area contributed by atoms with E-state index in [1.54, 1.807) is 6.07 Å². The molecule has 2 saturated heterocycles. The number of methoxy groups -OCH3 is 1. The van der Waals surface area contributed by atoms with E-state index in [9.17, 15) is 9.18 Å². The largest absolute Gasteiger partial charge is 0.496 e. The molecular weight excluding hydrogens is 352 g/mol. The molecule has 2 fully saturated rings. The average Bonchev–Trinajstić information content (AvgIpc) is 2.82. The lowest BCUT2D eigenvalue weighted by molar-refractivity contribution is 0.00578. The molecule has 0 saturated carbocycles. The fourth-order valence-electron chi connectivity index (χ4n) is 3.20. The van der Waals surface area contributed by atoms with Crippen LogP contribution in [0.4, 0.5) is 4.39 Å². The molecule has 0 atom stereocenters. The van der Waals surface area contributed by atoms with Crippen LogP contribution in [0.3, 0.4) is 0 Å². The first kappa shape index (κ1) is 20.1. The van der Waals surface area contributed by atoms with Gasteiger partial charge in [0.15, 0.2) is 0 Å². The molecule has 2 aliphatic rings. The van der Waals surface area contributed by atoms with Crippen molar-refractivity contribution in [3.63, 3.8) is 0 Å².